The highest BCUT2D eigenvalue weighted by atomic mass is 35.5. The number of aryl methyl sites for hydroxylation is 1. The molecule has 0 radical (unpaired) electrons. The monoisotopic (exact) mass is 535 g/mol. The Bertz CT molecular complexity index is 1740. The summed E-state index contributed by atoms with van der Waals surface area (Å²) in [4.78, 5) is 28.7. The molecule has 0 unspecified atom stereocenters. The lowest BCUT2D eigenvalue weighted by molar-refractivity contribution is 0.507. The number of benzene rings is 1. The van der Waals surface area contributed by atoms with Crippen molar-refractivity contribution in [1.82, 2.24) is 54.0 Å². The third-order valence-electron chi connectivity index (χ3n) is 6.24. The molecule has 15 heteroatoms. The smallest absolute Gasteiger partial charge is 0.229 e. The average molecular weight is 536 g/mol. The molecular weight excluding hydrogens is 517 g/mol. The first-order chi connectivity index (χ1) is 18.0. The molecule has 0 amide bonds. The Morgan fingerprint density at radius 1 is 1.05 bits per heavy atom. The Kier molecular flexibility index (Phi) is 5.01. The number of aromatic nitrogens is 11. The second-order valence-corrected chi connectivity index (χ2v) is 9.49. The molecule has 5 aromatic heterocycles. The van der Waals surface area contributed by atoms with Gasteiger partial charge in [-0.15, -0.1) is 0 Å². The molecule has 6 aromatic rings. The number of hydrogen-bond acceptors (Lipinski definition) is 9. The van der Waals surface area contributed by atoms with E-state index in [9.17, 15) is 0 Å². The minimum Gasteiger partial charge on any atom is -0.361 e. The maximum Gasteiger partial charge on any atom is 0.229 e. The maximum absolute atomic E-state index is 6.16. The van der Waals surface area contributed by atoms with Crippen LogP contribution in [-0.2, 0) is 26.7 Å². The summed E-state index contributed by atoms with van der Waals surface area (Å²) in [6, 6.07) is 3.51. The largest absolute Gasteiger partial charge is 0.361 e. The summed E-state index contributed by atoms with van der Waals surface area (Å²) < 4.78 is 5.53. The molecule has 6 heterocycles. The van der Waals surface area contributed by atoms with E-state index in [0.29, 0.717) is 65.0 Å². The summed E-state index contributed by atoms with van der Waals surface area (Å²) in [5.74, 6) is 2.73. The summed E-state index contributed by atoms with van der Waals surface area (Å²) in [6.45, 7) is 2.33. The van der Waals surface area contributed by atoms with Crippen LogP contribution in [0.15, 0.2) is 37.2 Å². The Labute approximate surface area is 219 Å². The van der Waals surface area contributed by atoms with Crippen molar-refractivity contribution in [3.63, 3.8) is 0 Å². The van der Waals surface area contributed by atoms with Crippen LogP contribution in [0.1, 0.15) is 11.6 Å². The van der Waals surface area contributed by atoms with Crippen LogP contribution in [0.25, 0.3) is 27.9 Å². The van der Waals surface area contributed by atoms with Gasteiger partial charge in [0, 0.05) is 19.8 Å². The highest BCUT2D eigenvalue weighted by molar-refractivity contribution is 6.42. The molecule has 0 atom stereocenters. The topological polar surface area (TPSA) is 136 Å². The van der Waals surface area contributed by atoms with E-state index in [1.807, 2.05) is 22.5 Å². The maximum atomic E-state index is 6.16. The van der Waals surface area contributed by atoms with Gasteiger partial charge in [0.1, 0.15) is 24.3 Å². The predicted octanol–water partition coefficient (Wildman–Crippen LogP) is 2.96. The SMILES string of the molecule is Cn1cc(-n2cnc3c(NCc4nc5cc(Cl)c(Cl)cc5[nH]4)nc(N4CCn5ncnc5C4)nc32)cn1. The van der Waals surface area contributed by atoms with Crippen molar-refractivity contribution >= 4 is 57.2 Å². The van der Waals surface area contributed by atoms with Crippen molar-refractivity contribution in [2.45, 2.75) is 19.6 Å². The van der Waals surface area contributed by atoms with Gasteiger partial charge in [0.2, 0.25) is 5.95 Å². The van der Waals surface area contributed by atoms with Gasteiger partial charge in [-0.05, 0) is 12.1 Å². The Morgan fingerprint density at radius 2 is 1.95 bits per heavy atom. The lowest BCUT2D eigenvalue weighted by Crippen LogP contribution is -2.35. The third kappa shape index (κ3) is 3.83. The normalized spacial score (nSPS) is 13.5. The lowest BCUT2D eigenvalue weighted by Gasteiger charge is -2.27. The molecule has 2 N–H and O–H groups in total. The fraction of sp³-hybridized carbons (Fsp3) is 0.227. The first-order valence-corrected chi connectivity index (χ1v) is 12.2. The number of nitrogens with zero attached hydrogens (tertiary/aromatic N) is 11. The van der Waals surface area contributed by atoms with Crippen molar-refractivity contribution in [2.75, 3.05) is 16.8 Å². The van der Waals surface area contributed by atoms with Gasteiger partial charge >= 0.3 is 0 Å². The van der Waals surface area contributed by atoms with Crippen LogP contribution in [-0.4, -0.2) is 60.6 Å². The molecule has 1 aliphatic heterocycles. The molecule has 1 aromatic carbocycles. The Morgan fingerprint density at radius 3 is 2.81 bits per heavy atom. The number of rotatable bonds is 5. The molecule has 37 heavy (non-hydrogen) atoms. The summed E-state index contributed by atoms with van der Waals surface area (Å²) in [7, 11) is 1.87. The van der Waals surface area contributed by atoms with Crippen molar-refractivity contribution in [3.05, 3.63) is 58.9 Å². The van der Waals surface area contributed by atoms with E-state index < -0.39 is 0 Å². The number of imidazole rings is 2. The highest BCUT2D eigenvalue weighted by Crippen LogP contribution is 2.28. The summed E-state index contributed by atoms with van der Waals surface area (Å²) >= 11 is 12.3. The molecule has 1 aliphatic rings. The molecule has 0 saturated carbocycles. The van der Waals surface area contributed by atoms with Gasteiger partial charge in [-0.25, -0.2) is 19.6 Å². The van der Waals surface area contributed by atoms with Crippen LogP contribution in [0.3, 0.4) is 0 Å². The molecule has 0 saturated heterocycles. The second-order valence-electron chi connectivity index (χ2n) is 8.67. The van der Waals surface area contributed by atoms with Crippen LogP contribution in [0, 0.1) is 0 Å². The number of aromatic amines is 1. The van der Waals surface area contributed by atoms with Gasteiger partial charge in [-0.1, -0.05) is 23.2 Å². The Hall–Kier alpha value is -4.23. The predicted molar refractivity (Wildman–Crippen MR) is 138 cm³/mol. The van der Waals surface area contributed by atoms with Gasteiger partial charge in [0.15, 0.2) is 17.0 Å². The summed E-state index contributed by atoms with van der Waals surface area (Å²) in [6.07, 6.45) is 6.97. The van der Waals surface area contributed by atoms with E-state index in [0.717, 1.165) is 22.5 Å². The fourth-order valence-electron chi connectivity index (χ4n) is 4.42. The van der Waals surface area contributed by atoms with Crippen molar-refractivity contribution in [3.8, 4) is 5.69 Å². The van der Waals surface area contributed by atoms with Gasteiger partial charge in [0.25, 0.3) is 0 Å². The Balaban J connectivity index is 1.27. The zero-order valence-electron chi connectivity index (χ0n) is 19.5. The number of nitrogens with one attached hydrogen (secondary N) is 2. The van der Waals surface area contributed by atoms with E-state index in [1.165, 1.54) is 0 Å². The van der Waals surface area contributed by atoms with Crippen LogP contribution in [0.5, 0.6) is 0 Å². The van der Waals surface area contributed by atoms with Crippen LogP contribution in [0.4, 0.5) is 11.8 Å². The second kappa shape index (κ2) is 8.42. The van der Waals surface area contributed by atoms with Gasteiger partial charge in [-0.3, -0.25) is 9.25 Å². The van der Waals surface area contributed by atoms with Crippen molar-refractivity contribution < 1.29 is 0 Å². The van der Waals surface area contributed by atoms with Crippen LogP contribution < -0.4 is 10.2 Å². The van der Waals surface area contributed by atoms with Crippen LogP contribution in [0.2, 0.25) is 10.0 Å². The summed E-state index contributed by atoms with van der Waals surface area (Å²) in [5, 5.41) is 12.9. The van der Waals surface area contributed by atoms with Crippen molar-refractivity contribution in [1.29, 1.82) is 0 Å². The molecule has 0 aliphatic carbocycles. The zero-order valence-corrected chi connectivity index (χ0v) is 21.0. The molecule has 0 bridgehead atoms. The van der Waals surface area contributed by atoms with Crippen LogP contribution >= 0.6 is 23.2 Å². The minimum absolute atomic E-state index is 0.379. The zero-order chi connectivity index (χ0) is 25.1. The first-order valence-electron chi connectivity index (χ1n) is 11.4. The molecule has 0 spiro atoms. The quantitative estimate of drug-likeness (QED) is 0.341. The van der Waals surface area contributed by atoms with Gasteiger partial charge in [-0.2, -0.15) is 20.2 Å². The van der Waals surface area contributed by atoms with E-state index in [4.69, 9.17) is 33.2 Å². The highest BCUT2D eigenvalue weighted by Gasteiger charge is 2.23. The first kappa shape index (κ1) is 22.0. The minimum atomic E-state index is 0.379. The average Bonchev–Trinajstić information content (AvgIpc) is 3.68. The van der Waals surface area contributed by atoms with Gasteiger partial charge in [0.05, 0.1) is 52.6 Å². The van der Waals surface area contributed by atoms with E-state index in [1.54, 1.807) is 35.7 Å². The van der Waals surface area contributed by atoms with E-state index in [-0.39, 0.29) is 0 Å². The summed E-state index contributed by atoms with van der Waals surface area (Å²) in [5.41, 5.74) is 3.69. The van der Waals surface area contributed by atoms with E-state index >= 15 is 0 Å². The molecule has 13 nitrogen and oxygen atoms in total. The number of H-pyrrole nitrogens is 1. The molecule has 0 fully saturated rings. The standard InChI is InChI=1S/C22H19Cl2N13/c1-34-8-12(6-28-34)36-11-27-19-20(25-7-17-30-15-4-13(23)14(24)5-16(15)31-17)32-22(33-21(19)36)35-2-3-37-18(9-35)26-10-29-37/h4-6,8,10-11H,2-3,7,9H2,1H3,(H,30,31)(H,25,32,33). The number of fused-ring (bicyclic) bond motifs is 3. The number of hydrogen-bond donors (Lipinski definition) is 2. The number of anilines is 2. The molecule has 186 valence electrons. The number of halogens is 2. The van der Waals surface area contributed by atoms with Gasteiger partial charge < -0.3 is 15.2 Å². The van der Waals surface area contributed by atoms with E-state index in [2.05, 4.69) is 40.3 Å². The molecular formula is C22H19Cl2N13. The molecule has 7 rings (SSSR count). The third-order valence-corrected chi connectivity index (χ3v) is 6.96. The lowest BCUT2D eigenvalue weighted by atomic mass is 10.3. The van der Waals surface area contributed by atoms with Crippen molar-refractivity contribution in [2.24, 2.45) is 7.05 Å². The fourth-order valence-corrected chi connectivity index (χ4v) is 4.74.